The smallest absolute Gasteiger partial charge is 0.495 e. The molecule has 0 amide bonds. The van der Waals surface area contributed by atoms with E-state index in [2.05, 4.69) is 0 Å². The summed E-state index contributed by atoms with van der Waals surface area (Å²) < 4.78 is 15.8. The summed E-state index contributed by atoms with van der Waals surface area (Å²) in [6.45, 7) is 0.553. The first-order valence-corrected chi connectivity index (χ1v) is 6.62. The molecular weight excluding hydrogens is 273 g/mol. The van der Waals surface area contributed by atoms with Crippen molar-refractivity contribution in [2.75, 3.05) is 20.1 Å². The van der Waals surface area contributed by atoms with Gasteiger partial charge in [-0.1, -0.05) is 24.3 Å². The van der Waals surface area contributed by atoms with Crippen LogP contribution in [-0.4, -0.2) is 44.1 Å². The molecule has 0 aliphatic carbocycles. The van der Waals surface area contributed by atoms with Gasteiger partial charge in [-0.2, -0.15) is 0 Å². The first-order valence-electron chi connectivity index (χ1n) is 6.62. The highest BCUT2D eigenvalue weighted by atomic mass is 16.6. The highest BCUT2D eigenvalue weighted by Gasteiger charge is 2.32. The van der Waals surface area contributed by atoms with Crippen LogP contribution in [0.15, 0.2) is 30.2 Å². The van der Waals surface area contributed by atoms with Crippen molar-refractivity contribution in [3.05, 3.63) is 41.4 Å². The Morgan fingerprint density at radius 1 is 1.14 bits per heavy atom. The summed E-state index contributed by atoms with van der Waals surface area (Å²) in [6.07, 6.45) is 0. The molecule has 2 aliphatic heterocycles. The molecule has 0 atom stereocenters. The van der Waals surface area contributed by atoms with Gasteiger partial charge in [0.15, 0.2) is 0 Å². The molecule has 1 aromatic rings. The second kappa shape index (κ2) is 5.61. The molecule has 0 aromatic heterocycles. The lowest BCUT2D eigenvalue weighted by Crippen LogP contribution is -2.41. The molecule has 21 heavy (non-hydrogen) atoms. The Bertz CT molecular complexity index is 595. The second-order valence-corrected chi connectivity index (χ2v) is 5.00. The van der Waals surface area contributed by atoms with E-state index in [0.29, 0.717) is 12.4 Å². The number of carbonyl (C=O) groups excluding carboxylic acids is 2. The fraction of sp³-hybridized carbons (Fsp3) is 0.286. The second-order valence-electron chi connectivity index (χ2n) is 5.00. The first kappa shape index (κ1) is 13.7. The number of ether oxygens (including phenoxy) is 1. The molecule has 0 bridgehead atoms. The van der Waals surface area contributed by atoms with Gasteiger partial charge in [-0.15, -0.1) is 0 Å². The van der Waals surface area contributed by atoms with Gasteiger partial charge in [0.2, 0.25) is 0 Å². The van der Waals surface area contributed by atoms with E-state index < -0.39 is 19.1 Å². The Kier molecular flexibility index (Phi) is 3.66. The van der Waals surface area contributed by atoms with E-state index in [4.69, 9.17) is 14.0 Å². The molecule has 1 saturated heterocycles. The van der Waals surface area contributed by atoms with Gasteiger partial charge >= 0.3 is 19.1 Å². The minimum atomic E-state index is -1.06. The van der Waals surface area contributed by atoms with Gasteiger partial charge in [0.1, 0.15) is 12.4 Å². The van der Waals surface area contributed by atoms with Crippen molar-refractivity contribution in [2.45, 2.75) is 6.61 Å². The normalized spacial score (nSPS) is 21.2. The molecule has 0 saturated carbocycles. The van der Waals surface area contributed by atoms with Crippen LogP contribution < -0.4 is 0 Å². The van der Waals surface area contributed by atoms with E-state index in [-0.39, 0.29) is 13.1 Å². The minimum Gasteiger partial charge on any atom is -0.495 e. The molecule has 0 spiro atoms. The molecule has 1 aromatic carbocycles. The summed E-state index contributed by atoms with van der Waals surface area (Å²) in [6, 6.07) is 7.69. The average Bonchev–Trinajstić information content (AvgIpc) is 2.80. The number of hydrogen-bond donors (Lipinski definition) is 0. The molecule has 3 rings (SSSR count). The largest absolute Gasteiger partial charge is 0.632 e. The monoisotopic (exact) mass is 287 g/mol. The highest BCUT2D eigenvalue weighted by Crippen LogP contribution is 2.29. The number of nitrogens with zero attached hydrogens (tertiary/aromatic N) is 1. The number of carbonyl (C=O) groups is 2. The van der Waals surface area contributed by atoms with Gasteiger partial charge in [-0.05, 0) is 7.05 Å². The van der Waals surface area contributed by atoms with E-state index in [1.807, 2.05) is 24.3 Å². The van der Waals surface area contributed by atoms with Gasteiger partial charge in [0.25, 0.3) is 0 Å². The van der Waals surface area contributed by atoms with Crippen molar-refractivity contribution in [3.8, 4) is 0 Å². The Balaban J connectivity index is 1.81. The summed E-state index contributed by atoms with van der Waals surface area (Å²) in [5.74, 6) is 1.19. The lowest BCUT2D eigenvalue weighted by atomic mass is 9.87. The van der Waals surface area contributed by atoms with Crippen LogP contribution in [0, 0.1) is 0 Å². The summed E-state index contributed by atoms with van der Waals surface area (Å²) in [5, 5.41) is 0. The molecule has 6 nitrogen and oxygen atoms in total. The van der Waals surface area contributed by atoms with Crippen molar-refractivity contribution in [2.24, 2.45) is 0 Å². The summed E-state index contributed by atoms with van der Waals surface area (Å²) in [7, 11) is 0.595. The van der Waals surface area contributed by atoms with E-state index in [1.54, 1.807) is 7.05 Å². The van der Waals surface area contributed by atoms with Crippen molar-refractivity contribution in [1.29, 1.82) is 0 Å². The van der Waals surface area contributed by atoms with Crippen LogP contribution in [0.4, 0.5) is 0 Å². The molecular formula is C14H14BNO5. The number of hydrogen-bond acceptors (Lipinski definition) is 6. The van der Waals surface area contributed by atoms with E-state index in [0.717, 1.165) is 11.1 Å². The van der Waals surface area contributed by atoms with E-state index in [1.165, 1.54) is 10.9 Å². The van der Waals surface area contributed by atoms with Crippen LogP contribution in [0.3, 0.4) is 0 Å². The van der Waals surface area contributed by atoms with Gasteiger partial charge in [0, 0.05) is 17.1 Å². The molecule has 7 heteroatoms. The lowest BCUT2D eigenvalue weighted by Gasteiger charge is -2.21. The van der Waals surface area contributed by atoms with Crippen molar-refractivity contribution < 1.29 is 23.6 Å². The fourth-order valence-corrected chi connectivity index (χ4v) is 2.30. The van der Waals surface area contributed by atoms with Crippen LogP contribution in [-0.2, 0) is 30.2 Å². The van der Waals surface area contributed by atoms with Gasteiger partial charge in [-0.3, -0.25) is 14.5 Å². The molecule has 0 radical (unpaired) electrons. The standard InChI is InChI=1S/C14H14BNO5/c1-16-7-13(17)20-15(21-14(18)8-16)6-12-11-5-3-2-4-10(11)9-19-12/h2-6H,7-9H2,1H3/b12-6+. The van der Waals surface area contributed by atoms with Gasteiger partial charge < -0.3 is 14.0 Å². The SMILES string of the molecule is CN1CC(=O)OB(/C=C2/OCc3ccccc32)OC(=O)C1. The van der Waals surface area contributed by atoms with Gasteiger partial charge in [0.05, 0.1) is 13.1 Å². The van der Waals surface area contributed by atoms with Crippen molar-refractivity contribution in [3.63, 3.8) is 0 Å². The van der Waals surface area contributed by atoms with Crippen LogP contribution in [0.5, 0.6) is 0 Å². The Hall–Kier alpha value is -2.28. The Morgan fingerprint density at radius 3 is 2.52 bits per heavy atom. The van der Waals surface area contributed by atoms with Crippen molar-refractivity contribution >= 4 is 24.8 Å². The maximum absolute atomic E-state index is 11.7. The van der Waals surface area contributed by atoms with Gasteiger partial charge in [-0.25, -0.2) is 0 Å². The van der Waals surface area contributed by atoms with E-state index >= 15 is 0 Å². The number of likely N-dealkylation sites (N-methyl/N-ethyl adjacent to an activating group) is 1. The third-order valence-electron chi connectivity index (χ3n) is 3.25. The van der Waals surface area contributed by atoms with Crippen molar-refractivity contribution in [1.82, 2.24) is 4.90 Å². The first-order chi connectivity index (χ1) is 10.1. The van der Waals surface area contributed by atoms with Crippen LogP contribution in [0.2, 0.25) is 0 Å². The zero-order chi connectivity index (χ0) is 14.8. The minimum absolute atomic E-state index is 0.0478. The summed E-state index contributed by atoms with van der Waals surface area (Å²) in [5.41, 5.74) is 1.97. The van der Waals surface area contributed by atoms with Crippen LogP contribution >= 0.6 is 0 Å². The third kappa shape index (κ3) is 3.08. The highest BCUT2D eigenvalue weighted by molar-refractivity contribution is 6.56. The quantitative estimate of drug-likeness (QED) is 0.705. The molecule has 0 N–H and O–H groups in total. The molecule has 2 aliphatic rings. The van der Waals surface area contributed by atoms with Crippen LogP contribution in [0.1, 0.15) is 11.1 Å². The van der Waals surface area contributed by atoms with E-state index in [9.17, 15) is 9.59 Å². The molecule has 0 unspecified atom stereocenters. The number of rotatable bonds is 1. The zero-order valence-electron chi connectivity index (χ0n) is 11.6. The zero-order valence-corrected chi connectivity index (χ0v) is 11.6. The average molecular weight is 287 g/mol. The Morgan fingerprint density at radius 2 is 1.81 bits per heavy atom. The molecule has 2 heterocycles. The third-order valence-corrected chi connectivity index (χ3v) is 3.25. The maximum atomic E-state index is 11.7. The Labute approximate surface area is 122 Å². The number of benzene rings is 1. The van der Waals surface area contributed by atoms with Crippen LogP contribution in [0.25, 0.3) is 5.76 Å². The summed E-state index contributed by atoms with van der Waals surface area (Å²) in [4.78, 5) is 24.9. The lowest BCUT2D eigenvalue weighted by molar-refractivity contribution is -0.145. The predicted octanol–water partition coefficient (Wildman–Crippen LogP) is 0.617. The fourth-order valence-electron chi connectivity index (χ4n) is 2.30. The molecule has 1 fully saturated rings. The molecule has 108 valence electrons. The topological polar surface area (TPSA) is 65.1 Å². The maximum Gasteiger partial charge on any atom is 0.632 e. The summed E-state index contributed by atoms with van der Waals surface area (Å²) >= 11 is 0. The number of fused-ring (bicyclic) bond motifs is 1. The predicted molar refractivity (Wildman–Crippen MR) is 74.6 cm³/mol.